The normalized spacial score (nSPS) is 19.5. The SMILES string of the molecule is COCc1nnn2c1COC1(CCN(C(=O)c3ccsc3)CC1)C2. The topological polar surface area (TPSA) is 69.5 Å². The van der Waals surface area contributed by atoms with E-state index < -0.39 is 0 Å². The number of ether oxygens (including phenoxy) is 2. The number of likely N-dealkylation sites (tertiary alicyclic amines) is 1. The smallest absolute Gasteiger partial charge is 0.254 e. The van der Waals surface area contributed by atoms with Crippen molar-refractivity contribution in [2.45, 2.75) is 38.2 Å². The van der Waals surface area contributed by atoms with Crippen molar-refractivity contribution in [3.05, 3.63) is 33.8 Å². The van der Waals surface area contributed by atoms with E-state index in [2.05, 4.69) is 10.3 Å². The van der Waals surface area contributed by atoms with Gasteiger partial charge in [-0.2, -0.15) is 11.3 Å². The molecule has 1 fully saturated rings. The van der Waals surface area contributed by atoms with Crippen molar-refractivity contribution < 1.29 is 14.3 Å². The molecule has 8 heteroatoms. The molecule has 2 aromatic heterocycles. The molecule has 0 atom stereocenters. The number of rotatable bonds is 3. The van der Waals surface area contributed by atoms with Crippen LogP contribution < -0.4 is 0 Å². The number of fused-ring (bicyclic) bond motifs is 1. The van der Waals surface area contributed by atoms with E-state index in [1.807, 2.05) is 26.4 Å². The Hall–Kier alpha value is -1.77. The fourth-order valence-electron chi connectivity index (χ4n) is 3.43. The molecule has 4 heterocycles. The van der Waals surface area contributed by atoms with Crippen LogP contribution in [0.15, 0.2) is 16.8 Å². The number of carbonyl (C=O) groups is 1. The Morgan fingerprint density at radius 3 is 3.00 bits per heavy atom. The lowest BCUT2D eigenvalue weighted by molar-refractivity contribution is -0.120. The predicted molar refractivity (Wildman–Crippen MR) is 87.7 cm³/mol. The average Bonchev–Trinajstić information content (AvgIpc) is 3.25. The van der Waals surface area contributed by atoms with Crippen molar-refractivity contribution in [3.63, 3.8) is 0 Å². The van der Waals surface area contributed by atoms with Gasteiger partial charge >= 0.3 is 0 Å². The van der Waals surface area contributed by atoms with Crippen LogP contribution in [0.2, 0.25) is 0 Å². The fraction of sp³-hybridized carbons (Fsp3) is 0.562. The van der Waals surface area contributed by atoms with Gasteiger partial charge in [0.05, 0.1) is 36.6 Å². The van der Waals surface area contributed by atoms with Gasteiger partial charge in [0.1, 0.15) is 5.69 Å². The molecule has 0 N–H and O–H groups in total. The molecule has 7 nitrogen and oxygen atoms in total. The number of aromatic nitrogens is 3. The molecule has 24 heavy (non-hydrogen) atoms. The van der Waals surface area contributed by atoms with Gasteiger partial charge in [0, 0.05) is 25.6 Å². The standard InChI is InChI=1S/C16H20N4O3S/c1-22-8-13-14-9-23-16(11-20(14)18-17-13)3-5-19(6-4-16)15(21)12-2-7-24-10-12/h2,7,10H,3-6,8-9,11H2,1H3. The molecule has 2 aromatic rings. The van der Waals surface area contributed by atoms with E-state index >= 15 is 0 Å². The molecule has 2 aliphatic heterocycles. The van der Waals surface area contributed by atoms with Crippen molar-refractivity contribution in [2.75, 3.05) is 20.2 Å². The maximum Gasteiger partial charge on any atom is 0.254 e. The number of nitrogens with zero attached hydrogens (tertiary/aromatic N) is 4. The number of piperidine rings is 1. The molecule has 4 rings (SSSR count). The van der Waals surface area contributed by atoms with Crippen LogP contribution in [-0.4, -0.2) is 51.6 Å². The zero-order valence-electron chi connectivity index (χ0n) is 13.6. The number of methoxy groups -OCH3 is 1. The molecule has 0 unspecified atom stereocenters. The van der Waals surface area contributed by atoms with Gasteiger partial charge in [-0.05, 0) is 24.3 Å². The van der Waals surface area contributed by atoms with Gasteiger partial charge in [-0.1, -0.05) is 5.21 Å². The number of hydrogen-bond donors (Lipinski definition) is 0. The van der Waals surface area contributed by atoms with Crippen LogP contribution in [-0.2, 0) is 29.2 Å². The first-order valence-corrected chi connectivity index (χ1v) is 9.01. The minimum absolute atomic E-state index is 0.116. The molecular formula is C16H20N4O3S. The Balaban J connectivity index is 1.43. The van der Waals surface area contributed by atoms with Gasteiger partial charge in [-0.15, -0.1) is 5.10 Å². The highest BCUT2D eigenvalue weighted by molar-refractivity contribution is 7.08. The van der Waals surface area contributed by atoms with E-state index in [0.29, 0.717) is 32.8 Å². The first kappa shape index (κ1) is 15.7. The van der Waals surface area contributed by atoms with E-state index in [4.69, 9.17) is 9.47 Å². The minimum Gasteiger partial charge on any atom is -0.378 e. The van der Waals surface area contributed by atoms with Crippen LogP contribution in [0.3, 0.4) is 0 Å². The van der Waals surface area contributed by atoms with Crippen molar-refractivity contribution in [1.82, 2.24) is 19.9 Å². The first-order chi connectivity index (χ1) is 11.7. The summed E-state index contributed by atoms with van der Waals surface area (Å²) in [4.78, 5) is 14.4. The molecular weight excluding hydrogens is 328 g/mol. The van der Waals surface area contributed by atoms with Crippen LogP contribution in [0.1, 0.15) is 34.6 Å². The van der Waals surface area contributed by atoms with Crippen LogP contribution in [0.4, 0.5) is 0 Å². The fourth-order valence-corrected chi connectivity index (χ4v) is 4.06. The van der Waals surface area contributed by atoms with Gasteiger partial charge in [0.2, 0.25) is 0 Å². The molecule has 0 aliphatic carbocycles. The Morgan fingerprint density at radius 1 is 1.46 bits per heavy atom. The quantitative estimate of drug-likeness (QED) is 0.844. The summed E-state index contributed by atoms with van der Waals surface area (Å²) in [5.74, 6) is 0.116. The lowest BCUT2D eigenvalue weighted by Crippen LogP contribution is -2.52. The van der Waals surface area contributed by atoms with Gasteiger partial charge < -0.3 is 14.4 Å². The number of thiophene rings is 1. The molecule has 128 valence electrons. The van der Waals surface area contributed by atoms with Crippen LogP contribution in [0.5, 0.6) is 0 Å². The van der Waals surface area contributed by atoms with E-state index in [0.717, 1.165) is 29.8 Å². The van der Waals surface area contributed by atoms with Gasteiger partial charge in [-0.3, -0.25) is 4.79 Å². The third-order valence-electron chi connectivity index (χ3n) is 4.88. The zero-order chi connectivity index (χ0) is 16.6. The average molecular weight is 348 g/mol. The number of carbonyl (C=O) groups excluding carboxylic acids is 1. The summed E-state index contributed by atoms with van der Waals surface area (Å²) in [6.07, 6.45) is 1.64. The third kappa shape index (κ3) is 2.74. The van der Waals surface area contributed by atoms with Crippen LogP contribution >= 0.6 is 11.3 Å². The van der Waals surface area contributed by atoms with Crippen LogP contribution in [0.25, 0.3) is 0 Å². The Labute approximate surface area is 144 Å². The molecule has 1 spiro atoms. The maximum atomic E-state index is 12.5. The second kappa shape index (κ2) is 6.27. The molecule has 0 saturated carbocycles. The summed E-state index contributed by atoms with van der Waals surface area (Å²) in [5, 5.41) is 12.3. The summed E-state index contributed by atoms with van der Waals surface area (Å²) in [5.41, 5.74) is 2.39. The molecule has 2 aliphatic rings. The number of hydrogen-bond acceptors (Lipinski definition) is 6. The minimum atomic E-state index is -0.240. The summed E-state index contributed by atoms with van der Waals surface area (Å²) >= 11 is 1.55. The summed E-state index contributed by atoms with van der Waals surface area (Å²) in [7, 11) is 1.65. The molecule has 0 radical (unpaired) electrons. The monoisotopic (exact) mass is 348 g/mol. The highest BCUT2D eigenvalue weighted by Crippen LogP contribution is 2.34. The van der Waals surface area contributed by atoms with E-state index in [1.54, 1.807) is 18.4 Å². The van der Waals surface area contributed by atoms with E-state index in [9.17, 15) is 4.79 Å². The predicted octanol–water partition coefficient (Wildman–Crippen LogP) is 1.69. The zero-order valence-corrected chi connectivity index (χ0v) is 14.4. The third-order valence-corrected chi connectivity index (χ3v) is 5.57. The van der Waals surface area contributed by atoms with Crippen molar-refractivity contribution in [2.24, 2.45) is 0 Å². The number of amides is 1. The Morgan fingerprint density at radius 2 is 2.29 bits per heavy atom. The Bertz CT molecular complexity index is 720. The van der Waals surface area contributed by atoms with Gasteiger partial charge in [0.15, 0.2) is 0 Å². The highest BCUT2D eigenvalue weighted by Gasteiger charge is 2.41. The summed E-state index contributed by atoms with van der Waals surface area (Å²) < 4.78 is 13.3. The molecule has 1 amide bonds. The largest absolute Gasteiger partial charge is 0.378 e. The second-order valence-electron chi connectivity index (χ2n) is 6.35. The van der Waals surface area contributed by atoms with Crippen molar-refractivity contribution in [3.8, 4) is 0 Å². The highest BCUT2D eigenvalue weighted by atomic mass is 32.1. The van der Waals surface area contributed by atoms with E-state index in [1.165, 1.54) is 0 Å². The van der Waals surface area contributed by atoms with Gasteiger partial charge in [-0.25, -0.2) is 4.68 Å². The van der Waals surface area contributed by atoms with E-state index in [-0.39, 0.29) is 11.5 Å². The molecule has 0 bridgehead atoms. The lowest BCUT2D eigenvalue weighted by atomic mass is 9.89. The second-order valence-corrected chi connectivity index (χ2v) is 7.13. The van der Waals surface area contributed by atoms with Crippen molar-refractivity contribution >= 4 is 17.2 Å². The maximum absolute atomic E-state index is 12.5. The van der Waals surface area contributed by atoms with Crippen molar-refractivity contribution in [1.29, 1.82) is 0 Å². The lowest BCUT2D eigenvalue weighted by Gasteiger charge is -2.43. The first-order valence-electron chi connectivity index (χ1n) is 8.06. The molecule has 1 saturated heterocycles. The van der Waals surface area contributed by atoms with Crippen LogP contribution in [0, 0.1) is 0 Å². The summed E-state index contributed by atoms with van der Waals surface area (Å²) in [6, 6.07) is 1.88. The molecule has 0 aromatic carbocycles. The van der Waals surface area contributed by atoms with Gasteiger partial charge in [0.25, 0.3) is 5.91 Å². The summed E-state index contributed by atoms with van der Waals surface area (Å²) in [6.45, 7) is 3.07. The Kier molecular flexibility index (Phi) is 4.11.